The van der Waals surface area contributed by atoms with E-state index in [1.165, 1.54) is 5.56 Å². The Bertz CT molecular complexity index is 1040. The number of piperidine rings is 1. The van der Waals surface area contributed by atoms with Crippen LogP contribution in [0.3, 0.4) is 0 Å². The molecule has 4 atom stereocenters. The molecule has 1 fully saturated rings. The Hall–Kier alpha value is -2.24. The highest BCUT2D eigenvalue weighted by Gasteiger charge is 2.36. The summed E-state index contributed by atoms with van der Waals surface area (Å²) in [6, 6.07) is 14.9. The summed E-state index contributed by atoms with van der Waals surface area (Å²) in [5.74, 6) is 0.944. The van der Waals surface area contributed by atoms with E-state index >= 15 is 0 Å². The Morgan fingerprint density at radius 1 is 0.952 bits per heavy atom. The summed E-state index contributed by atoms with van der Waals surface area (Å²) >= 11 is 0. The number of ether oxygens (including phenoxy) is 6. The molecule has 0 spiro atoms. The van der Waals surface area contributed by atoms with E-state index in [-0.39, 0.29) is 18.1 Å². The average molecular weight is 587 g/mol. The molecule has 2 N–H and O–H groups in total. The number of nitrogens with one attached hydrogen (secondary N) is 1. The highest BCUT2D eigenvalue weighted by Crippen LogP contribution is 2.35. The van der Waals surface area contributed by atoms with E-state index in [2.05, 4.69) is 59.6 Å². The van der Waals surface area contributed by atoms with Crippen molar-refractivity contribution in [1.82, 2.24) is 5.32 Å². The van der Waals surface area contributed by atoms with Crippen molar-refractivity contribution in [2.75, 3.05) is 78.3 Å². The lowest BCUT2D eigenvalue weighted by atomic mass is 9.85. The SMILES string of the molecule is CCC[C@@H](O)CO[C@@H]1CNC[C@H](OCc2ccc3c(c2)N(CCCOC)CCO3)[C@H]1c1ccc(COCCOC)cc1. The normalized spacial score (nSPS) is 21.1. The van der Waals surface area contributed by atoms with Crippen LogP contribution >= 0.6 is 0 Å². The first-order chi connectivity index (χ1) is 20.6. The first-order valence-corrected chi connectivity index (χ1v) is 15.4. The minimum atomic E-state index is -0.465. The fourth-order valence-electron chi connectivity index (χ4n) is 5.68. The monoisotopic (exact) mass is 586 g/mol. The predicted molar refractivity (Wildman–Crippen MR) is 163 cm³/mol. The molecular formula is C33H50N2O7. The van der Waals surface area contributed by atoms with Crippen LogP contribution < -0.4 is 15.0 Å². The zero-order chi connectivity index (χ0) is 29.6. The van der Waals surface area contributed by atoms with Gasteiger partial charge in [-0.2, -0.15) is 0 Å². The Kier molecular flexibility index (Phi) is 13.8. The second-order valence-corrected chi connectivity index (χ2v) is 11.1. The number of benzene rings is 2. The van der Waals surface area contributed by atoms with E-state index in [0.717, 1.165) is 68.1 Å². The molecule has 2 aromatic carbocycles. The summed E-state index contributed by atoms with van der Waals surface area (Å²) in [5, 5.41) is 13.9. The first-order valence-electron chi connectivity index (χ1n) is 15.4. The molecule has 0 aliphatic carbocycles. The van der Waals surface area contributed by atoms with Gasteiger partial charge in [-0.3, -0.25) is 0 Å². The van der Waals surface area contributed by atoms with Crippen molar-refractivity contribution >= 4 is 5.69 Å². The number of hydrogen-bond acceptors (Lipinski definition) is 9. The average Bonchev–Trinajstić information content (AvgIpc) is 3.02. The minimum Gasteiger partial charge on any atom is -0.490 e. The van der Waals surface area contributed by atoms with Crippen LogP contribution in [-0.4, -0.2) is 96.9 Å². The lowest BCUT2D eigenvalue weighted by molar-refractivity contribution is -0.0783. The second-order valence-electron chi connectivity index (χ2n) is 11.1. The molecule has 1 saturated heterocycles. The number of nitrogens with zero attached hydrogens (tertiary/aromatic N) is 1. The van der Waals surface area contributed by atoms with E-state index in [1.54, 1.807) is 14.2 Å². The number of methoxy groups -OCH3 is 2. The van der Waals surface area contributed by atoms with Crippen molar-refractivity contribution in [1.29, 1.82) is 0 Å². The lowest BCUT2D eigenvalue weighted by Gasteiger charge is -2.39. The van der Waals surface area contributed by atoms with Gasteiger partial charge in [-0.1, -0.05) is 43.7 Å². The molecule has 0 unspecified atom stereocenters. The summed E-state index contributed by atoms with van der Waals surface area (Å²) in [7, 11) is 3.42. The third-order valence-corrected chi connectivity index (χ3v) is 7.91. The molecule has 2 aliphatic heterocycles. The molecule has 2 heterocycles. The quantitative estimate of drug-likeness (QED) is 0.253. The molecule has 9 heteroatoms. The highest BCUT2D eigenvalue weighted by molar-refractivity contribution is 5.61. The predicted octanol–water partition coefficient (Wildman–Crippen LogP) is 3.90. The standard InChI is InChI=1S/C33H50N2O7/c1-4-6-28(36)24-42-32-21-34-20-31(33(32)27-10-7-25(8-11-27)22-39-18-17-38-3)41-23-26-9-12-30-29(19-26)35(14-16-40-30)13-5-15-37-2/h7-12,19,28,31-34,36H,4-6,13-18,20-24H2,1-3H3/t28-,31+,32-,33-/m1/s1. The van der Waals surface area contributed by atoms with Gasteiger partial charge in [0.05, 0.1) is 63.6 Å². The van der Waals surface area contributed by atoms with Gasteiger partial charge in [0.15, 0.2) is 0 Å². The Labute approximate surface area is 251 Å². The summed E-state index contributed by atoms with van der Waals surface area (Å²) in [6.07, 6.45) is 1.94. The van der Waals surface area contributed by atoms with Crippen molar-refractivity contribution in [2.24, 2.45) is 0 Å². The maximum atomic E-state index is 10.4. The number of aliphatic hydroxyl groups is 1. The van der Waals surface area contributed by atoms with Crippen LogP contribution in [0.1, 0.15) is 48.8 Å². The Balaban J connectivity index is 1.46. The zero-order valence-corrected chi connectivity index (χ0v) is 25.6. The Morgan fingerprint density at radius 2 is 1.71 bits per heavy atom. The van der Waals surface area contributed by atoms with Gasteiger partial charge in [-0.25, -0.2) is 0 Å². The maximum absolute atomic E-state index is 10.4. The molecule has 0 saturated carbocycles. The largest absolute Gasteiger partial charge is 0.490 e. The van der Waals surface area contributed by atoms with Gasteiger partial charge in [-0.05, 0) is 41.7 Å². The number of aliphatic hydroxyl groups excluding tert-OH is 1. The molecule has 234 valence electrons. The summed E-state index contributed by atoms with van der Waals surface area (Å²) < 4.78 is 35.0. The van der Waals surface area contributed by atoms with Crippen molar-refractivity contribution in [3.63, 3.8) is 0 Å². The second kappa shape index (κ2) is 17.8. The molecule has 9 nitrogen and oxygen atoms in total. The van der Waals surface area contributed by atoms with Crippen molar-refractivity contribution < 1.29 is 33.5 Å². The van der Waals surface area contributed by atoms with E-state index in [9.17, 15) is 5.11 Å². The van der Waals surface area contributed by atoms with Crippen molar-refractivity contribution in [3.05, 3.63) is 59.2 Å². The van der Waals surface area contributed by atoms with Gasteiger partial charge in [0.1, 0.15) is 12.4 Å². The van der Waals surface area contributed by atoms with Crippen LogP contribution in [0.2, 0.25) is 0 Å². The van der Waals surface area contributed by atoms with Gasteiger partial charge in [0.25, 0.3) is 0 Å². The first kappa shape index (κ1) is 32.7. The van der Waals surface area contributed by atoms with Gasteiger partial charge >= 0.3 is 0 Å². The summed E-state index contributed by atoms with van der Waals surface area (Å²) in [5.41, 5.74) is 4.51. The Morgan fingerprint density at radius 3 is 2.48 bits per heavy atom. The molecule has 42 heavy (non-hydrogen) atoms. The van der Waals surface area contributed by atoms with Gasteiger partial charge in [0.2, 0.25) is 0 Å². The highest BCUT2D eigenvalue weighted by atomic mass is 16.5. The van der Waals surface area contributed by atoms with E-state index in [4.69, 9.17) is 28.4 Å². The van der Waals surface area contributed by atoms with Crippen molar-refractivity contribution in [3.8, 4) is 5.75 Å². The fourth-order valence-corrected chi connectivity index (χ4v) is 5.68. The van der Waals surface area contributed by atoms with E-state index < -0.39 is 6.10 Å². The van der Waals surface area contributed by atoms with Crippen LogP contribution in [-0.2, 0) is 36.9 Å². The fraction of sp³-hybridized carbons (Fsp3) is 0.636. The molecule has 0 radical (unpaired) electrons. The molecular weight excluding hydrogens is 536 g/mol. The topological polar surface area (TPSA) is 90.9 Å². The minimum absolute atomic E-state index is 0.0232. The lowest BCUT2D eigenvalue weighted by Crippen LogP contribution is -2.51. The number of anilines is 1. The van der Waals surface area contributed by atoms with E-state index in [1.807, 2.05) is 0 Å². The number of hydrogen-bond donors (Lipinski definition) is 2. The molecule has 0 bridgehead atoms. The third kappa shape index (κ3) is 9.64. The van der Waals surface area contributed by atoms with Gasteiger partial charge in [-0.15, -0.1) is 0 Å². The van der Waals surface area contributed by atoms with Gasteiger partial charge < -0.3 is 43.7 Å². The summed E-state index contributed by atoms with van der Waals surface area (Å²) in [4.78, 5) is 2.37. The summed E-state index contributed by atoms with van der Waals surface area (Å²) in [6.45, 7) is 9.23. The molecule has 2 aromatic rings. The molecule has 0 amide bonds. The molecule has 0 aromatic heterocycles. The zero-order valence-electron chi connectivity index (χ0n) is 25.6. The van der Waals surface area contributed by atoms with Crippen LogP contribution in [0.25, 0.3) is 0 Å². The number of fused-ring (bicyclic) bond motifs is 1. The van der Waals surface area contributed by atoms with E-state index in [0.29, 0.717) is 46.2 Å². The van der Waals surface area contributed by atoms with Crippen molar-refractivity contribution in [2.45, 2.75) is 63.6 Å². The van der Waals surface area contributed by atoms with Gasteiger partial charge in [0, 0.05) is 46.4 Å². The van der Waals surface area contributed by atoms with Crippen LogP contribution in [0, 0.1) is 0 Å². The smallest absolute Gasteiger partial charge is 0.142 e. The van der Waals surface area contributed by atoms with Crippen LogP contribution in [0.5, 0.6) is 5.75 Å². The molecule has 2 aliphatic rings. The molecule has 4 rings (SSSR count). The number of rotatable bonds is 18. The third-order valence-electron chi connectivity index (χ3n) is 7.91. The van der Waals surface area contributed by atoms with Crippen LogP contribution in [0.4, 0.5) is 5.69 Å². The van der Waals surface area contributed by atoms with Crippen LogP contribution in [0.15, 0.2) is 42.5 Å². The maximum Gasteiger partial charge on any atom is 0.142 e.